The predicted molar refractivity (Wildman–Crippen MR) is 116 cm³/mol. The van der Waals surface area contributed by atoms with Crippen molar-refractivity contribution in [1.29, 1.82) is 0 Å². The number of carbonyl (C=O) groups is 1. The Labute approximate surface area is 174 Å². The molecule has 0 aliphatic carbocycles. The van der Waals surface area contributed by atoms with E-state index in [2.05, 4.69) is 5.32 Å². The molecule has 0 heterocycles. The van der Waals surface area contributed by atoms with Gasteiger partial charge in [-0.2, -0.15) is 0 Å². The number of hydrogen-bond acceptors (Lipinski definition) is 5. The third-order valence-corrected chi connectivity index (χ3v) is 5.73. The molecule has 0 fully saturated rings. The fourth-order valence-corrected chi connectivity index (χ4v) is 3.43. The van der Waals surface area contributed by atoms with Gasteiger partial charge >= 0.3 is 0 Å². The lowest BCUT2D eigenvalue weighted by Gasteiger charge is -2.21. The van der Waals surface area contributed by atoms with Gasteiger partial charge < -0.3 is 5.32 Å². The van der Waals surface area contributed by atoms with Crippen molar-refractivity contribution >= 4 is 33.0 Å². The average Bonchev–Trinajstić information content (AvgIpc) is 2.73. The zero-order valence-corrected chi connectivity index (χ0v) is 17.1. The zero-order chi connectivity index (χ0) is 21.9. The highest BCUT2D eigenvalue weighted by Gasteiger charge is 2.22. The standard InChI is InChI=1S/C21H19N3O5S/c1-23(30(2,28)29)20-13-12-16(15-8-4-3-5-9-15)14-18(20)22-21(25)17-10-6-7-11-19(17)24(26)27/h3-14H,1-2H3,(H,22,25). The molecule has 1 N–H and O–H groups in total. The second-order valence-corrected chi connectivity index (χ2v) is 8.57. The summed E-state index contributed by atoms with van der Waals surface area (Å²) >= 11 is 0. The number of anilines is 2. The van der Waals surface area contributed by atoms with Gasteiger partial charge in [0.15, 0.2) is 0 Å². The van der Waals surface area contributed by atoms with Crippen LogP contribution in [0.25, 0.3) is 11.1 Å². The van der Waals surface area contributed by atoms with Crippen LogP contribution in [0.5, 0.6) is 0 Å². The summed E-state index contributed by atoms with van der Waals surface area (Å²) in [7, 11) is -2.24. The Morgan fingerprint density at radius 1 is 0.967 bits per heavy atom. The topological polar surface area (TPSA) is 110 Å². The number of benzene rings is 3. The molecule has 0 saturated heterocycles. The van der Waals surface area contributed by atoms with E-state index in [1.54, 1.807) is 18.2 Å². The summed E-state index contributed by atoms with van der Waals surface area (Å²) in [6, 6.07) is 19.9. The minimum atomic E-state index is -3.60. The second kappa shape index (κ2) is 8.34. The lowest BCUT2D eigenvalue weighted by atomic mass is 10.0. The highest BCUT2D eigenvalue weighted by atomic mass is 32.2. The number of para-hydroxylation sites is 1. The van der Waals surface area contributed by atoms with E-state index in [1.807, 2.05) is 30.3 Å². The second-order valence-electron chi connectivity index (χ2n) is 6.56. The number of carbonyl (C=O) groups excluding carboxylic acids is 1. The maximum absolute atomic E-state index is 12.8. The van der Waals surface area contributed by atoms with E-state index in [1.165, 1.54) is 31.3 Å². The number of rotatable bonds is 6. The molecule has 0 aromatic heterocycles. The Hall–Kier alpha value is -3.72. The molecular formula is C21H19N3O5S. The smallest absolute Gasteiger partial charge is 0.282 e. The first-order chi connectivity index (χ1) is 14.2. The van der Waals surface area contributed by atoms with Crippen molar-refractivity contribution in [2.75, 3.05) is 22.9 Å². The van der Waals surface area contributed by atoms with E-state index >= 15 is 0 Å². The zero-order valence-electron chi connectivity index (χ0n) is 16.3. The Morgan fingerprint density at radius 3 is 2.23 bits per heavy atom. The van der Waals surface area contributed by atoms with Gasteiger partial charge in [-0.3, -0.25) is 19.2 Å². The van der Waals surface area contributed by atoms with Gasteiger partial charge in [-0.05, 0) is 29.3 Å². The Morgan fingerprint density at radius 2 is 1.60 bits per heavy atom. The van der Waals surface area contributed by atoms with Crippen LogP contribution in [0.4, 0.5) is 17.1 Å². The lowest BCUT2D eigenvalue weighted by molar-refractivity contribution is -0.385. The fraction of sp³-hybridized carbons (Fsp3) is 0.0952. The molecule has 0 aliphatic heterocycles. The molecule has 0 unspecified atom stereocenters. The van der Waals surface area contributed by atoms with Crippen LogP contribution < -0.4 is 9.62 Å². The Bertz CT molecular complexity index is 1210. The van der Waals surface area contributed by atoms with Crippen LogP contribution in [0.1, 0.15) is 10.4 Å². The molecule has 9 heteroatoms. The third-order valence-electron chi connectivity index (χ3n) is 4.53. The largest absolute Gasteiger partial charge is 0.320 e. The molecule has 0 saturated carbocycles. The van der Waals surface area contributed by atoms with Crippen molar-refractivity contribution in [2.24, 2.45) is 0 Å². The van der Waals surface area contributed by atoms with E-state index in [0.717, 1.165) is 21.7 Å². The van der Waals surface area contributed by atoms with E-state index in [-0.39, 0.29) is 22.6 Å². The number of nitro groups is 1. The SMILES string of the molecule is CN(c1ccc(-c2ccccc2)cc1NC(=O)c1ccccc1[N+](=O)[O-])S(C)(=O)=O. The maximum atomic E-state index is 12.8. The maximum Gasteiger partial charge on any atom is 0.282 e. The molecule has 3 aromatic carbocycles. The minimum absolute atomic E-state index is 0.124. The highest BCUT2D eigenvalue weighted by Crippen LogP contribution is 2.33. The molecule has 154 valence electrons. The molecule has 1 amide bonds. The predicted octanol–water partition coefficient (Wildman–Crippen LogP) is 3.91. The number of nitrogens with zero attached hydrogens (tertiary/aromatic N) is 2. The van der Waals surface area contributed by atoms with Crippen molar-refractivity contribution in [2.45, 2.75) is 0 Å². The van der Waals surface area contributed by atoms with Crippen LogP contribution in [-0.2, 0) is 10.0 Å². The average molecular weight is 425 g/mol. The third kappa shape index (κ3) is 4.47. The van der Waals surface area contributed by atoms with Gasteiger partial charge in [-0.1, -0.05) is 48.5 Å². The van der Waals surface area contributed by atoms with Gasteiger partial charge in [0, 0.05) is 13.1 Å². The van der Waals surface area contributed by atoms with Crippen LogP contribution in [0.3, 0.4) is 0 Å². The summed E-state index contributed by atoms with van der Waals surface area (Å²) in [6.07, 6.45) is 1.05. The molecule has 0 spiro atoms. The molecule has 3 aromatic rings. The van der Waals surface area contributed by atoms with Crippen molar-refractivity contribution in [3.05, 3.63) is 88.5 Å². The minimum Gasteiger partial charge on any atom is -0.320 e. The van der Waals surface area contributed by atoms with E-state index < -0.39 is 20.9 Å². The molecule has 8 nitrogen and oxygen atoms in total. The highest BCUT2D eigenvalue weighted by molar-refractivity contribution is 7.92. The van der Waals surface area contributed by atoms with Crippen LogP contribution in [-0.4, -0.2) is 32.6 Å². The van der Waals surface area contributed by atoms with Crippen LogP contribution >= 0.6 is 0 Å². The monoisotopic (exact) mass is 425 g/mol. The molecule has 3 rings (SSSR count). The van der Waals surface area contributed by atoms with Crippen LogP contribution in [0.15, 0.2) is 72.8 Å². The first-order valence-electron chi connectivity index (χ1n) is 8.86. The first-order valence-corrected chi connectivity index (χ1v) is 10.7. The van der Waals surface area contributed by atoms with E-state index in [4.69, 9.17) is 0 Å². The van der Waals surface area contributed by atoms with E-state index in [0.29, 0.717) is 0 Å². The summed E-state index contributed by atoms with van der Waals surface area (Å²) in [5, 5.41) is 13.9. The quantitative estimate of drug-likeness (QED) is 0.476. The van der Waals surface area contributed by atoms with Crippen LogP contribution in [0, 0.1) is 10.1 Å². The molecule has 0 atom stereocenters. The molecular weight excluding hydrogens is 406 g/mol. The molecule has 0 bridgehead atoms. The van der Waals surface area contributed by atoms with Gasteiger partial charge in [0.1, 0.15) is 5.56 Å². The summed E-state index contributed by atoms with van der Waals surface area (Å²) in [5.41, 5.74) is 1.61. The fourth-order valence-electron chi connectivity index (χ4n) is 2.91. The Kier molecular flexibility index (Phi) is 5.84. The van der Waals surface area contributed by atoms with Gasteiger partial charge in [0.25, 0.3) is 11.6 Å². The van der Waals surface area contributed by atoms with Crippen molar-refractivity contribution in [3.63, 3.8) is 0 Å². The first kappa shape index (κ1) is 21.0. The van der Waals surface area contributed by atoms with Crippen molar-refractivity contribution in [3.8, 4) is 11.1 Å². The summed E-state index contributed by atoms with van der Waals surface area (Å²) < 4.78 is 25.2. The summed E-state index contributed by atoms with van der Waals surface area (Å²) in [5.74, 6) is -0.712. The Balaban J connectivity index is 2.09. The van der Waals surface area contributed by atoms with Crippen molar-refractivity contribution in [1.82, 2.24) is 0 Å². The number of amides is 1. The number of hydrogen-bond donors (Lipinski definition) is 1. The van der Waals surface area contributed by atoms with Crippen LogP contribution in [0.2, 0.25) is 0 Å². The molecule has 30 heavy (non-hydrogen) atoms. The van der Waals surface area contributed by atoms with Crippen molar-refractivity contribution < 1.29 is 18.1 Å². The van der Waals surface area contributed by atoms with Gasteiger partial charge in [-0.25, -0.2) is 8.42 Å². The number of nitro benzene ring substituents is 1. The number of nitrogens with one attached hydrogen (secondary N) is 1. The van der Waals surface area contributed by atoms with Gasteiger partial charge in [0.2, 0.25) is 10.0 Å². The molecule has 0 radical (unpaired) electrons. The molecule has 0 aliphatic rings. The van der Waals surface area contributed by atoms with Gasteiger partial charge in [0.05, 0.1) is 22.6 Å². The summed E-state index contributed by atoms with van der Waals surface area (Å²) in [6.45, 7) is 0. The lowest BCUT2D eigenvalue weighted by Crippen LogP contribution is -2.26. The van der Waals surface area contributed by atoms with Gasteiger partial charge in [-0.15, -0.1) is 0 Å². The summed E-state index contributed by atoms with van der Waals surface area (Å²) in [4.78, 5) is 23.5. The normalized spacial score (nSPS) is 11.0. The van der Waals surface area contributed by atoms with E-state index in [9.17, 15) is 23.3 Å². The number of sulfonamides is 1.